The van der Waals surface area contributed by atoms with Crippen molar-refractivity contribution in [2.24, 2.45) is 0 Å². The summed E-state index contributed by atoms with van der Waals surface area (Å²) in [7, 11) is 0. The minimum Gasteiger partial charge on any atom is -0.261 e. The van der Waals surface area contributed by atoms with Crippen molar-refractivity contribution in [3.8, 4) is 0 Å². The van der Waals surface area contributed by atoms with E-state index >= 15 is 0 Å². The van der Waals surface area contributed by atoms with Gasteiger partial charge in [-0.25, -0.2) is 0 Å². The van der Waals surface area contributed by atoms with E-state index in [1.54, 1.807) is 0 Å². The van der Waals surface area contributed by atoms with Crippen LogP contribution in [-0.2, 0) is 4.79 Å². The molecule has 0 aromatic carbocycles. The zero-order valence-electron chi connectivity index (χ0n) is 4.33. The summed E-state index contributed by atoms with van der Waals surface area (Å²) in [6.45, 7) is 0. The molecule has 0 amide bonds. The van der Waals surface area contributed by atoms with Crippen LogP contribution in [0.2, 0.25) is 0 Å². The molecule has 0 heterocycles. The van der Waals surface area contributed by atoms with E-state index in [9.17, 15) is 22.4 Å². The Hall–Kier alpha value is -0.610. The molecule has 0 aromatic heterocycles. The molecule has 0 fully saturated rings. The molecule has 0 saturated heterocycles. The van der Waals surface area contributed by atoms with Crippen molar-refractivity contribution in [1.29, 1.82) is 0 Å². The van der Waals surface area contributed by atoms with Gasteiger partial charge in [0.15, 0.2) is 0 Å². The molecule has 0 aromatic rings. The Bertz CT molecular complexity index is 106. The smallest absolute Gasteiger partial charge is 0.261 e. The van der Waals surface area contributed by atoms with Crippen LogP contribution in [0.4, 0.5) is 17.6 Å². The van der Waals surface area contributed by atoms with Crippen molar-refractivity contribution in [3.05, 3.63) is 0 Å². The molecule has 1 nitrogen and oxygen atoms in total. The zero-order valence-corrected chi connectivity index (χ0v) is 4.33. The average molecular weight is 144 g/mol. The van der Waals surface area contributed by atoms with Gasteiger partial charge in [-0.2, -0.15) is 17.6 Å². The van der Waals surface area contributed by atoms with E-state index in [0.717, 1.165) is 0 Å². The van der Waals surface area contributed by atoms with Crippen molar-refractivity contribution < 1.29 is 22.4 Å². The van der Waals surface area contributed by atoms with E-state index in [4.69, 9.17) is 0 Å². The first-order valence-corrected chi connectivity index (χ1v) is 2.17. The van der Waals surface area contributed by atoms with Gasteiger partial charge >= 0.3 is 12.2 Å². The van der Waals surface area contributed by atoms with Gasteiger partial charge in [0.05, 0.1) is 6.42 Å². The highest BCUT2D eigenvalue weighted by atomic mass is 19.4. The van der Waals surface area contributed by atoms with Gasteiger partial charge in [0.2, 0.25) is 0 Å². The van der Waals surface area contributed by atoms with Gasteiger partial charge in [-0.3, -0.25) is 4.79 Å². The van der Waals surface area contributed by atoms with E-state index in [-0.39, 0.29) is 0 Å². The first kappa shape index (κ1) is 8.39. The van der Waals surface area contributed by atoms with Crippen LogP contribution >= 0.6 is 0 Å². The monoisotopic (exact) mass is 144 g/mol. The van der Waals surface area contributed by atoms with Crippen LogP contribution in [0.25, 0.3) is 0 Å². The molecule has 0 saturated carbocycles. The minimum atomic E-state index is -4.43. The molecule has 9 heavy (non-hydrogen) atoms. The Morgan fingerprint density at radius 3 is 1.89 bits per heavy atom. The number of alkyl halides is 3. The Kier molecular flexibility index (Phi) is 2.61. The number of hydrogen-bond donors (Lipinski definition) is 0. The number of carbonyl (C=O) groups excluding carboxylic acids is 1. The van der Waals surface area contributed by atoms with E-state index in [0.29, 0.717) is 0 Å². The lowest BCUT2D eigenvalue weighted by molar-refractivity contribution is -0.148. The predicted molar refractivity (Wildman–Crippen MR) is 21.4 cm³/mol. The summed E-state index contributed by atoms with van der Waals surface area (Å²) >= 11 is 0. The summed E-state index contributed by atoms with van der Waals surface area (Å²) < 4.78 is 44.4. The fourth-order valence-corrected chi connectivity index (χ4v) is 0.240. The molecule has 0 aliphatic rings. The highest BCUT2D eigenvalue weighted by molar-refractivity contribution is 5.67. The van der Waals surface area contributed by atoms with Gasteiger partial charge in [0, 0.05) is 6.42 Å². The quantitative estimate of drug-likeness (QED) is 0.426. The first-order chi connectivity index (χ1) is 3.92. The summed E-state index contributed by atoms with van der Waals surface area (Å²) in [5.74, 6) is 0. The van der Waals surface area contributed by atoms with Crippen LogP contribution in [0.3, 0.4) is 0 Å². The summed E-state index contributed by atoms with van der Waals surface area (Å²) in [5.41, 5.74) is 0. The standard InChI is InChI=1S/C4H4F4O/c5-3(9)1-2-4(6,7)8/h1-2H2. The van der Waals surface area contributed by atoms with Crippen LogP contribution in [0.1, 0.15) is 12.8 Å². The van der Waals surface area contributed by atoms with Gasteiger partial charge in [-0.15, -0.1) is 0 Å². The Balaban J connectivity index is 3.39. The predicted octanol–water partition coefficient (Wildman–Crippen LogP) is 1.83. The van der Waals surface area contributed by atoms with Crippen molar-refractivity contribution in [3.63, 3.8) is 0 Å². The van der Waals surface area contributed by atoms with Crippen LogP contribution in [0, 0.1) is 0 Å². The molecule has 0 spiro atoms. The third-order valence-corrected chi connectivity index (χ3v) is 0.605. The van der Waals surface area contributed by atoms with Gasteiger partial charge in [-0.1, -0.05) is 0 Å². The second-order valence-electron chi connectivity index (χ2n) is 1.47. The lowest BCUT2D eigenvalue weighted by atomic mass is 10.3. The number of hydrogen-bond acceptors (Lipinski definition) is 1. The lowest BCUT2D eigenvalue weighted by Gasteiger charge is -2.00. The van der Waals surface area contributed by atoms with Crippen molar-refractivity contribution >= 4 is 6.04 Å². The molecule has 0 aliphatic heterocycles. The van der Waals surface area contributed by atoms with E-state index in [2.05, 4.69) is 0 Å². The largest absolute Gasteiger partial charge is 0.389 e. The summed E-state index contributed by atoms with van der Waals surface area (Å²) in [4.78, 5) is 9.32. The maximum absolute atomic E-state index is 11.1. The Morgan fingerprint density at radius 1 is 1.33 bits per heavy atom. The van der Waals surface area contributed by atoms with Crippen LogP contribution in [0.15, 0.2) is 0 Å². The minimum absolute atomic E-state index is 1.07. The fourth-order valence-electron chi connectivity index (χ4n) is 0.240. The Labute approximate surface area is 48.7 Å². The van der Waals surface area contributed by atoms with Gasteiger partial charge in [0.25, 0.3) is 0 Å². The molecule has 0 atom stereocenters. The van der Waals surface area contributed by atoms with Crippen LogP contribution in [-0.4, -0.2) is 12.2 Å². The number of rotatable bonds is 2. The highest BCUT2D eigenvalue weighted by Crippen LogP contribution is 2.21. The maximum atomic E-state index is 11.1. The SMILES string of the molecule is O=C(F)CCC(F)(F)F. The summed E-state index contributed by atoms with van der Waals surface area (Å²) in [5, 5.41) is 0. The molecule has 0 aliphatic carbocycles. The first-order valence-electron chi connectivity index (χ1n) is 2.17. The average Bonchev–Trinajstić information content (AvgIpc) is 1.59. The van der Waals surface area contributed by atoms with Crippen LogP contribution in [0.5, 0.6) is 0 Å². The maximum Gasteiger partial charge on any atom is 0.389 e. The molecule has 0 bridgehead atoms. The molecular formula is C4H4F4O. The van der Waals surface area contributed by atoms with Gasteiger partial charge < -0.3 is 0 Å². The molecule has 54 valence electrons. The van der Waals surface area contributed by atoms with Crippen LogP contribution < -0.4 is 0 Å². The van der Waals surface area contributed by atoms with Crippen molar-refractivity contribution in [2.75, 3.05) is 0 Å². The van der Waals surface area contributed by atoms with Crippen molar-refractivity contribution in [1.82, 2.24) is 0 Å². The number of carbonyl (C=O) groups is 1. The van der Waals surface area contributed by atoms with Crippen molar-refractivity contribution in [2.45, 2.75) is 19.0 Å². The fraction of sp³-hybridized carbons (Fsp3) is 0.750. The van der Waals surface area contributed by atoms with Gasteiger partial charge in [0.1, 0.15) is 0 Å². The topological polar surface area (TPSA) is 17.1 Å². The van der Waals surface area contributed by atoms with E-state index < -0.39 is 25.1 Å². The molecular weight excluding hydrogens is 140 g/mol. The van der Waals surface area contributed by atoms with E-state index in [1.165, 1.54) is 0 Å². The third kappa shape index (κ3) is 7.39. The second-order valence-corrected chi connectivity index (χ2v) is 1.47. The molecule has 0 unspecified atom stereocenters. The summed E-state index contributed by atoms with van der Waals surface area (Å²) in [6.07, 6.45) is -6.87. The zero-order chi connectivity index (χ0) is 7.49. The molecule has 5 heteroatoms. The Morgan fingerprint density at radius 2 is 1.78 bits per heavy atom. The summed E-state index contributed by atoms with van der Waals surface area (Å²) in [6, 6.07) is -1.92. The van der Waals surface area contributed by atoms with E-state index in [1.807, 2.05) is 0 Å². The third-order valence-electron chi connectivity index (χ3n) is 0.605. The second kappa shape index (κ2) is 2.80. The normalized spacial score (nSPS) is 11.6. The molecule has 0 rings (SSSR count). The number of halogens is 4. The highest BCUT2D eigenvalue weighted by Gasteiger charge is 2.27. The molecule has 0 radical (unpaired) electrons. The molecule has 0 N–H and O–H groups in total. The lowest BCUT2D eigenvalue weighted by Crippen LogP contribution is -2.08. The van der Waals surface area contributed by atoms with Gasteiger partial charge in [-0.05, 0) is 0 Å².